The molecule has 12 rings (SSSR count). The summed E-state index contributed by atoms with van der Waals surface area (Å²) in [7, 11) is 0. The highest BCUT2D eigenvalue weighted by molar-refractivity contribution is 7.26. The fraction of sp³-hybridized carbons (Fsp3) is 0. The average Bonchev–Trinajstić information content (AvgIpc) is 3.78. The lowest BCUT2D eigenvalue weighted by Gasteiger charge is -2.14. The van der Waals surface area contributed by atoms with E-state index in [9.17, 15) is 0 Å². The summed E-state index contributed by atoms with van der Waals surface area (Å²) in [4.78, 5) is 15.7. The summed E-state index contributed by atoms with van der Waals surface area (Å²) < 4.78 is 2.64. The molecule has 65 heavy (non-hydrogen) atoms. The normalized spacial score (nSPS) is 11.4. The molecule has 10 aromatic carbocycles. The minimum Gasteiger partial charge on any atom is -0.208 e. The van der Waals surface area contributed by atoms with Gasteiger partial charge in [0, 0.05) is 36.9 Å². The van der Waals surface area contributed by atoms with Gasteiger partial charge in [-0.25, -0.2) is 15.0 Å². The molecule has 0 saturated heterocycles. The molecule has 3 nitrogen and oxygen atoms in total. The van der Waals surface area contributed by atoms with Crippen LogP contribution in [0.5, 0.6) is 0 Å². The Balaban J connectivity index is 0.963. The summed E-state index contributed by atoms with van der Waals surface area (Å²) >= 11 is 1.87. The van der Waals surface area contributed by atoms with Gasteiger partial charge in [0.15, 0.2) is 17.5 Å². The van der Waals surface area contributed by atoms with Crippen LogP contribution in [0, 0.1) is 0 Å². The van der Waals surface area contributed by atoms with Crippen LogP contribution in [0.4, 0.5) is 0 Å². The molecule has 2 heterocycles. The molecule has 0 atom stereocenters. The van der Waals surface area contributed by atoms with E-state index in [0.717, 1.165) is 50.1 Å². The summed E-state index contributed by atoms with van der Waals surface area (Å²) in [5.74, 6) is 1.87. The molecule has 0 unspecified atom stereocenters. The lowest BCUT2D eigenvalue weighted by Crippen LogP contribution is -2.02. The van der Waals surface area contributed by atoms with E-state index in [4.69, 9.17) is 15.0 Å². The zero-order chi connectivity index (χ0) is 43.1. The molecule has 0 fully saturated rings. The number of fused-ring (bicyclic) bond motifs is 4. The Morgan fingerprint density at radius 3 is 1.40 bits per heavy atom. The third-order valence-electron chi connectivity index (χ3n) is 12.4. The van der Waals surface area contributed by atoms with Gasteiger partial charge in [-0.3, -0.25) is 0 Å². The molecule has 0 N–H and O–H groups in total. The fourth-order valence-corrected chi connectivity index (χ4v) is 10.4. The van der Waals surface area contributed by atoms with Gasteiger partial charge in [-0.15, -0.1) is 11.3 Å². The maximum Gasteiger partial charge on any atom is 0.164 e. The molecule has 304 valence electrons. The van der Waals surface area contributed by atoms with Crippen LogP contribution in [0.3, 0.4) is 0 Å². The van der Waals surface area contributed by atoms with Crippen LogP contribution in [0.1, 0.15) is 0 Å². The van der Waals surface area contributed by atoms with Crippen molar-refractivity contribution in [1.29, 1.82) is 0 Å². The van der Waals surface area contributed by atoms with Crippen molar-refractivity contribution in [2.24, 2.45) is 0 Å². The van der Waals surface area contributed by atoms with E-state index in [1.54, 1.807) is 0 Å². The molecular weight excluding hydrogens is 807 g/mol. The van der Waals surface area contributed by atoms with Gasteiger partial charge < -0.3 is 0 Å². The van der Waals surface area contributed by atoms with E-state index in [1.807, 2.05) is 23.5 Å². The van der Waals surface area contributed by atoms with Crippen LogP contribution in [-0.4, -0.2) is 15.0 Å². The van der Waals surface area contributed by atoms with E-state index >= 15 is 0 Å². The van der Waals surface area contributed by atoms with E-state index < -0.39 is 0 Å². The highest BCUT2D eigenvalue weighted by atomic mass is 32.1. The van der Waals surface area contributed by atoms with Crippen LogP contribution >= 0.6 is 11.3 Å². The first kappa shape index (κ1) is 38.4. The average molecular weight is 846 g/mol. The van der Waals surface area contributed by atoms with Gasteiger partial charge in [0.1, 0.15) is 0 Å². The molecule has 0 saturated carbocycles. The van der Waals surface area contributed by atoms with Gasteiger partial charge in [0.25, 0.3) is 0 Å². The van der Waals surface area contributed by atoms with Crippen molar-refractivity contribution in [3.63, 3.8) is 0 Å². The highest BCUT2D eigenvalue weighted by Gasteiger charge is 2.19. The maximum absolute atomic E-state index is 5.23. The summed E-state index contributed by atoms with van der Waals surface area (Å²) in [6.07, 6.45) is 0. The van der Waals surface area contributed by atoms with Gasteiger partial charge in [-0.1, -0.05) is 212 Å². The molecule has 0 aliphatic carbocycles. The summed E-state index contributed by atoms with van der Waals surface area (Å²) in [5, 5.41) is 5.04. The molecule has 0 amide bonds. The monoisotopic (exact) mass is 845 g/mol. The molecule has 4 heteroatoms. The Bertz CT molecular complexity index is 3610. The van der Waals surface area contributed by atoms with Crippen molar-refractivity contribution in [2.45, 2.75) is 0 Å². The number of rotatable bonds is 8. The molecule has 0 radical (unpaired) electrons. The first-order valence-electron chi connectivity index (χ1n) is 21.9. The third-order valence-corrected chi connectivity index (χ3v) is 13.6. The van der Waals surface area contributed by atoms with Crippen molar-refractivity contribution in [1.82, 2.24) is 15.0 Å². The summed E-state index contributed by atoms with van der Waals surface area (Å²) in [6, 6.07) is 84.1. The van der Waals surface area contributed by atoms with Gasteiger partial charge >= 0.3 is 0 Å². The zero-order valence-corrected chi connectivity index (χ0v) is 36.1. The maximum atomic E-state index is 5.23. The molecule has 0 bridgehead atoms. The predicted molar refractivity (Wildman–Crippen MR) is 274 cm³/mol. The standard InChI is InChI=1S/C61H39N3S/c1-3-17-41(18-4-1)48-24-9-11-28-54(48)60-62-59(63-61(64-60)55-29-12-10-25-49(55)42-19-5-2-6-20-42)43-35-33-40(34-36-43)47-38-44-21-7-8-26-50(44)56(39-47)46-23-15-22-45(37-46)51-30-16-31-53-52-27-13-14-32-57(52)65-58(51)53/h1-39H. The molecule has 2 aromatic heterocycles. The van der Waals surface area contributed by atoms with Crippen molar-refractivity contribution < 1.29 is 0 Å². The second-order valence-electron chi connectivity index (χ2n) is 16.3. The van der Waals surface area contributed by atoms with Gasteiger partial charge in [0.2, 0.25) is 0 Å². The lowest BCUT2D eigenvalue weighted by atomic mass is 9.91. The fourth-order valence-electron chi connectivity index (χ4n) is 9.20. The van der Waals surface area contributed by atoms with Crippen LogP contribution < -0.4 is 0 Å². The molecule has 0 aliphatic heterocycles. The van der Waals surface area contributed by atoms with Crippen molar-refractivity contribution in [3.05, 3.63) is 237 Å². The number of benzene rings is 10. The Morgan fingerprint density at radius 1 is 0.246 bits per heavy atom. The smallest absolute Gasteiger partial charge is 0.164 e. The Morgan fingerprint density at radius 2 is 0.723 bits per heavy atom. The van der Waals surface area contributed by atoms with Crippen molar-refractivity contribution in [2.75, 3.05) is 0 Å². The summed E-state index contributed by atoms with van der Waals surface area (Å²) in [6.45, 7) is 0. The number of hydrogen-bond acceptors (Lipinski definition) is 4. The van der Waals surface area contributed by atoms with Crippen LogP contribution in [0.25, 0.3) is 121 Å². The van der Waals surface area contributed by atoms with E-state index in [0.29, 0.717) is 17.5 Å². The Kier molecular flexibility index (Phi) is 9.70. The summed E-state index contributed by atoms with van der Waals surface area (Å²) in [5.41, 5.74) is 14.3. The number of nitrogens with zero attached hydrogens (tertiary/aromatic N) is 3. The lowest BCUT2D eigenvalue weighted by molar-refractivity contribution is 1.07. The SMILES string of the molecule is c1ccc(-c2ccccc2-c2nc(-c3ccc(-c4cc(-c5cccc(-c6cccc7c6sc6ccccc67)c5)c5ccccc5c4)cc3)nc(-c3ccccc3-c3ccccc3)n2)cc1. The van der Waals surface area contributed by atoms with Crippen LogP contribution in [0.15, 0.2) is 237 Å². The largest absolute Gasteiger partial charge is 0.208 e. The molecule has 0 spiro atoms. The van der Waals surface area contributed by atoms with Gasteiger partial charge in [0.05, 0.1) is 0 Å². The topological polar surface area (TPSA) is 38.7 Å². The second-order valence-corrected chi connectivity index (χ2v) is 17.4. The molecule has 0 aliphatic rings. The Hall–Kier alpha value is -8.31. The molecular formula is C61H39N3S. The van der Waals surface area contributed by atoms with Crippen LogP contribution in [-0.2, 0) is 0 Å². The predicted octanol–water partition coefficient (Wildman–Crippen LogP) is 16.7. The molecule has 12 aromatic rings. The zero-order valence-electron chi connectivity index (χ0n) is 35.3. The van der Waals surface area contributed by atoms with E-state index in [1.165, 1.54) is 53.2 Å². The minimum absolute atomic E-state index is 0.618. The van der Waals surface area contributed by atoms with Gasteiger partial charge in [-0.05, 0) is 90.7 Å². The van der Waals surface area contributed by atoms with E-state index in [2.05, 4.69) is 224 Å². The Labute approximate surface area is 381 Å². The number of aromatic nitrogens is 3. The third kappa shape index (κ3) is 7.16. The number of thiophene rings is 1. The van der Waals surface area contributed by atoms with Gasteiger partial charge in [-0.2, -0.15) is 0 Å². The minimum atomic E-state index is 0.618. The first-order chi connectivity index (χ1) is 32.2. The van der Waals surface area contributed by atoms with Crippen molar-refractivity contribution in [3.8, 4) is 89.8 Å². The van der Waals surface area contributed by atoms with Crippen molar-refractivity contribution >= 4 is 42.3 Å². The van der Waals surface area contributed by atoms with Crippen LogP contribution in [0.2, 0.25) is 0 Å². The first-order valence-corrected chi connectivity index (χ1v) is 22.7. The second kappa shape index (κ2) is 16.4. The van der Waals surface area contributed by atoms with E-state index in [-0.39, 0.29) is 0 Å². The highest BCUT2D eigenvalue weighted by Crippen LogP contribution is 2.42. The number of hydrogen-bond donors (Lipinski definition) is 0. The quantitative estimate of drug-likeness (QED) is 0.153.